The van der Waals surface area contributed by atoms with Gasteiger partial charge in [-0.05, 0) is 23.6 Å². The van der Waals surface area contributed by atoms with Gasteiger partial charge in [-0.15, -0.1) is 11.3 Å². The minimum atomic E-state index is -1.05. The van der Waals surface area contributed by atoms with Gasteiger partial charge in [0.1, 0.15) is 0 Å². The largest absolute Gasteiger partial charge is 0.478 e. The molecule has 2 rings (SSSR count). The summed E-state index contributed by atoms with van der Waals surface area (Å²) in [5.74, 6) is -1.05. The summed E-state index contributed by atoms with van der Waals surface area (Å²) in [5, 5.41) is 10.7. The van der Waals surface area contributed by atoms with Gasteiger partial charge in [0.25, 0.3) is 0 Å². The van der Waals surface area contributed by atoms with Crippen LogP contribution in [0.25, 0.3) is 11.3 Å². The van der Waals surface area contributed by atoms with Gasteiger partial charge in [0.2, 0.25) is 0 Å². The molecular weight excluding hydrogens is 226 g/mol. The molecule has 0 aliphatic carbocycles. The Bertz CT molecular complexity index is 548. The molecular formula is C11H7NO3S. The number of hydrogen-bond donors (Lipinski definition) is 1. The van der Waals surface area contributed by atoms with Gasteiger partial charge in [0.05, 0.1) is 16.1 Å². The highest BCUT2D eigenvalue weighted by Gasteiger charge is 2.15. The molecule has 16 heavy (non-hydrogen) atoms. The topological polar surface area (TPSA) is 67.3 Å². The Morgan fingerprint density at radius 1 is 1.44 bits per heavy atom. The van der Waals surface area contributed by atoms with Crippen molar-refractivity contribution in [1.82, 2.24) is 4.98 Å². The molecule has 2 aromatic heterocycles. The fourth-order valence-corrected chi connectivity index (χ4v) is 2.10. The summed E-state index contributed by atoms with van der Waals surface area (Å²) in [7, 11) is 0. The minimum absolute atomic E-state index is 0.101. The van der Waals surface area contributed by atoms with E-state index in [0.29, 0.717) is 22.4 Å². The Morgan fingerprint density at radius 3 is 2.94 bits per heavy atom. The first-order valence-electron chi connectivity index (χ1n) is 4.45. The van der Waals surface area contributed by atoms with Gasteiger partial charge in [-0.2, -0.15) is 0 Å². The number of nitrogens with zero attached hydrogens (tertiary/aromatic N) is 1. The lowest BCUT2D eigenvalue weighted by Gasteiger charge is -2.02. The van der Waals surface area contributed by atoms with Gasteiger partial charge in [-0.3, -0.25) is 9.78 Å². The standard InChI is InChI=1S/C11H7NO3S/c13-6-9-7(3-5-16-9)10-8(11(14)15)2-1-4-12-10/h1-6H,(H,14,15). The molecule has 80 valence electrons. The molecule has 0 aliphatic heterocycles. The van der Waals surface area contributed by atoms with Gasteiger partial charge < -0.3 is 5.11 Å². The van der Waals surface area contributed by atoms with Crippen molar-refractivity contribution in [3.05, 3.63) is 40.2 Å². The molecule has 2 heterocycles. The second-order valence-corrected chi connectivity index (χ2v) is 3.97. The molecule has 0 saturated carbocycles. The molecule has 0 atom stereocenters. The zero-order valence-corrected chi connectivity index (χ0v) is 8.90. The van der Waals surface area contributed by atoms with E-state index < -0.39 is 5.97 Å². The SMILES string of the molecule is O=Cc1sccc1-c1ncccc1C(=O)O. The molecule has 0 unspecified atom stereocenters. The van der Waals surface area contributed by atoms with Gasteiger partial charge in [0.15, 0.2) is 6.29 Å². The van der Waals surface area contributed by atoms with Gasteiger partial charge in [0, 0.05) is 11.8 Å². The molecule has 4 nitrogen and oxygen atoms in total. The van der Waals surface area contributed by atoms with Crippen LogP contribution in [0, 0.1) is 0 Å². The monoisotopic (exact) mass is 233 g/mol. The molecule has 0 aromatic carbocycles. The summed E-state index contributed by atoms with van der Waals surface area (Å²) in [6.07, 6.45) is 2.22. The lowest BCUT2D eigenvalue weighted by atomic mass is 10.1. The summed E-state index contributed by atoms with van der Waals surface area (Å²) in [6, 6.07) is 4.72. The van der Waals surface area contributed by atoms with E-state index in [-0.39, 0.29) is 5.56 Å². The van der Waals surface area contributed by atoms with Crippen molar-refractivity contribution in [2.45, 2.75) is 0 Å². The fourth-order valence-electron chi connectivity index (χ4n) is 1.40. The zero-order chi connectivity index (χ0) is 11.5. The number of aldehydes is 1. The number of rotatable bonds is 3. The molecule has 0 bridgehead atoms. The first kappa shape index (κ1) is 10.5. The minimum Gasteiger partial charge on any atom is -0.478 e. The maximum atomic E-state index is 11.0. The summed E-state index contributed by atoms with van der Waals surface area (Å²) in [6.45, 7) is 0. The molecule has 0 fully saturated rings. The molecule has 0 saturated heterocycles. The number of aromatic nitrogens is 1. The van der Waals surface area contributed by atoms with E-state index in [0.717, 1.165) is 0 Å². The fraction of sp³-hybridized carbons (Fsp3) is 0. The number of thiophene rings is 1. The van der Waals surface area contributed by atoms with Crippen LogP contribution < -0.4 is 0 Å². The van der Waals surface area contributed by atoms with Crippen LogP contribution in [0.15, 0.2) is 29.8 Å². The quantitative estimate of drug-likeness (QED) is 0.826. The number of carboxylic acids is 1. The van der Waals surface area contributed by atoms with Crippen LogP contribution in [0.2, 0.25) is 0 Å². The summed E-state index contributed by atoms with van der Waals surface area (Å²) < 4.78 is 0. The first-order chi connectivity index (χ1) is 7.74. The van der Waals surface area contributed by atoms with Crippen LogP contribution in [0.4, 0.5) is 0 Å². The van der Waals surface area contributed by atoms with E-state index in [1.165, 1.54) is 23.6 Å². The number of pyridine rings is 1. The van der Waals surface area contributed by atoms with Crippen molar-refractivity contribution in [3.8, 4) is 11.3 Å². The summed E-state index contributed by atoms with van der Waals surface area (Å²) >= 11 is 1.26. The van der Waals surface area contributed by atoms with Gasteiger partial charge in [-0.25, -0.2) is 4.79 Å². The molecule has 0 aliphatic rings. The molecule has 5 heteroatoms. The summed E-state index contributed by atoms with van der Waals surface area (Å²) in [5.41, 5.74) is 1.00. The average Bonchev–Trinajstić information content (AvgIpc) is 2.76. The van der Waals surface area contributed by atoms with E-state index in [9.17, 15) is 9.59 Å². The molecule has 0 spiro atoms. The van der Waals surface area contributed by atoms with Crippen molar-refractivity contribution >= 4 is 23.6 Å². The van der Waals surface area contributed by atoms with Crippen LogP contribution in [-0.2, 0) is 0 Å². The molecule has 0 radical (unpaired) electrons. The van der Waals surface area contributed by atoms with Crippen LogP contribution in [0.1, 0.15) is 20.0 Å². The third kappa shape index (κ3) is 1.72. The highest BCUT2D eigenvalue weighted by molar-refractivity contribution is 7.12. The van der Waals surface area contributed by atoms with Crippen molar-refractivity contribution < 1.29 is 14.7 Å². The van der Waals surface area contributed by atoms with E-state index >= 15 is 0 Å². The number of aromatic carboxylic acids is 1. The van der Waals surface area contributed by atoms with Crippen molar-refractivity contribution in [2.24, 2.45) is 0 Å². The maximum Gasteiger partial charge on any atom is 0.337 e. The smallest absolute Gasteiger partial charge is 0.337 e. The predicted octanol–water partition coefficient (Wildman–Crippen LogP) is 2.32. The summed E-state index contributed by atoms with van der Waals surface area (Å²) in [4.78, 5) is 26.3. The predicted molar refractivity (Wildman–Crippen MR) is 59.9 cm³/mol. The number of carbonyl (C=O) groups is 2. The highest BCUT2D eigenvalue weighted by atomic mass is 32.1. The normalized spacial score (nSPS) is 10.0. The Morgan fingerprint density at radius 2 is 2.25 bits per heavy atom. The maximum absolute atomic E-state index is 11.0. The van der Waals surface area contributed by atoms with Gasteiger partial charge >= 0.3 is 5.97 Å². The Balaban J connectivity index is 2.64. The number of hydrogen-bond acceptors (Lipinski definition) is 4. The van der Waals surface area contributed by atoms with Crippen LogP contribution in [0.5, 0.6) is 0 Å². The van der Waals surface area contributed by atoms with Gasteiger partial charge in [-0.1, -0.05) is 0 Å². The third-order valence-electron chi connectivity index (χ3n) is 2.10. The second-order valence-electron chi connectivity index (χ2n) is 3.02. The van der Waals surface area contributed by atoms with Crippen LogP contribution >= 0.6 is 11.3 Å². The lowest BCUT2D eigenvalue weighted by Crippen LogP contribution is -2.01. The Labute approximate surface area is 95.2 Å². The molecule has 0 amide bonds. The second kappa shape index (κ2) is 4.24. The molecule has 1 N–H and O–H groups in total. The van der Waals surface area contributed by atoms with E-state index in [1.54, 1.807) is 17.5 Å². The van der Waals surface area contributed by atoms with Crippen LogP contribution in [-0.4, -0.2) is 22.3 Å². The third-order valence-corrected chi connectivity index (χ3v) is 2.94. The van der Waals surface area contributed by atoms with Crippen molar-refractivity contribution in [1.29, 1.82) is 0 Å². The Kier molecular flexibility index (Phi) is 2.78. The zero-order valence-electron chi connectivity index (χ0n) is 8.08. The van der Waals surface area contributed by atoms with E-state index in [1.807, 2.05) is 0 Å². The Hall–Kier alpha value is -2.01. The molecule has 2 aromatic rings. The first-order valence-corrected chi connectivity index (χ1v) is 5.33. The van der Waals surface area contributed by atoms with E-state index in [4.69, 9.17) is 5.11 Å². The van der Waals surface area contributed by atoms with Crippen LogP contribution in [0.3, 0.4) is 0 Å². The van der Waals surface area contributed by atoms with E-state index in [2.05, 4.69) is 4.98 Å². The number of carbonyl (C=O) groups excluding carboxylic acids is 1. The average molecular weight is 233 g/mol. The number of carboxylic acid groups (broad SMARTS) is 1. The van der Waals surface area contributed by atoms with Crippen molar-refractivity contribution in [3.63, 3.8) is 0 Å². The van der Waals surface area contributed by atoms with Crippen molar-refractivity contribution in [2.75, 3.05) is 0 Å². The highest BCUT2D eigenvalue weighted by Crippen LogP contribution is 2.27. The lowest BCUT2D eigenvalue weighted by molar-refractivity contribution is 0.0697.